The molecule has 1 aliphatic rings. The zero-order chi connectivity index (χ0) is 16.2. The molecule has 0 aliphatic carbocycles. The lowest BCUT2D eigenvalue weighted by Crippen LogP contribution is -2.48. The van der Waals surface area contributed by atoms with Gasteiger partial charge < -0.3 is 15.3 Å². The van der Waals surface area contributed by atoms with Crippen molar-refractivity contribution in [1.29, 1.82) is 0 Å². The predicted molar refractivity (Wildman–Crippen MR) is 90.2 cm³/mol. The van der Waals surface area contributed by atoms with Gasteiger partial charge in [-0.1, -0.05) is 0 Å². The number of hydrogen-bond donors (Lipinski definition) is 2. The summed E-state index contributed by atoms with van der Waals surface area (Å²) in [5, 5.41) is 15.0. The number of likely N-dealkylation sites (N-methyl/N-ethyl adjacent to an activating group) is 1. The summed E-state index contributed by atoms with van der Waals surface area (Å²) in [5.41, 5.74) is 0.565. The van der Waals surface area contributed by atoms with Crippen molar-refractivity contribution in [2.45, 2.75) is 39.3 Å². The number of aliphatic hydroxyl groups is 1. The van der Waals surface area contributed by atoms with Gasteiger partial charge in [0.2, 0.25) is 0 Å². The van der Waals surface area contributed by atoms with Crippen molar-refractivity contribution in [3.8, 4) is 0 Å². The van der Waals surface area contributed by atoms with Crippen molar-refractivity contribution in [3.05, 3.63) is 21.9 Å². The SMILES string of the molecule is CCN(CC(C)(C)O)C(=O)NCCN1CCc2sccc2C1. The zero-order valence-corrected chi connectivity index (χ0v) is 14.6. The topological polar surface area (TPSA) is 55.8 Å². The van der Waals surface area contributed by atoms with Crippen LogP contribution in [0.25, 0.3) is 0 Å². The van der Waals surface area contributed by atoms with Gasteiger partial charge in [-0.05, 0) is 44.2 Å². The Kier molecular flexibility index (Phi) is 5.83. The van der Waals surface area contributed by atoms with E-state index < -0.39 is 5.60 Å². The van der Waals surface area contributed by atoms with Gasteiger partial charge in [-0.15, -0.1) is 11.3 Å². The molecular formula is C16H27N3O2S. The fourth-order valence-electron chi connectivity index (χ4n) is 2.72. The van der Waals surface area contributed by atoms with Crippen LogP contribution in [0.2, 0.25) is 0 Å². The molecule has 0 fully saturated rings. The van der Waals surface area contributed by atoms with E-state index in [0.29, 0.717) is 19.6 Å². The molecule has 2 amide bonds. The lowest BCUT2D eigenvalue weighted by Gasteiger charge is -2.29. The quantitative estimate of drug-likeness (QED) is 0.840. The molecule has 0 aromatic carbocycles. The molecule has 0 unspecified atom stereocenters. The summed E-state index contributed by atoms with van der Waals surface area (Å²) in [7, 11) is 0. The first kappa shape index (κ1) is 17.2. The zero-order valence-electron chi connectivity index (χ0n) is 13.8. The van der Waals surface area contributed by atoms with E-state index in [-0.39, 0.29) is 6.03 Å². The van der Waals surface area contributed by atoms with E-state index in [4.69, 9.17) is 0 Å². The van der Waals surface area contributed by atoms with Crippen LogP contribution in [0.15, 0.2) is 11.4 Å². The van der Waals surface area contributed by atoms with Gasteiger partial charge in [0, 0.05) is 37.6 Å². The molecule has 124 valence electrons. The molecule has 0 radical (unpaired) electrons. The first-order valence-electron chi connectivity index (χ1n) is 7.92. The molecule has 0 saturated carbocycles. The Morgan fingerprint density at radius 2 is 2.32 bits per heavy atom. The predicted octanol–water partition coefficient (Wildman–Crippen LogP) is 1.91. The lowest BCUT2D eigenvalue weighted by atomic mass is 10.1. The number of amides is 2. The Labute approximate surface area is 136 Å². The van der Waals surface area contributed by atoms with E-state index in [1.807, 2.05) is 18.3 Å². The van der Waals surface area contributed by atoms with Crippen LogP contribution in [0.1, 0.15) is 31.2 Å². The highest BCUT2D eigenvalue weighted by atomic mass is 32.1. The minimum atomic E-state index is -0.866. The molecule has 0 atom stereocenters. The van der Waals surface area contributed by atoms with E-state index in [0.717, 1.165) is 26.1 Å². The van der Waals surface area contributed by atoms with Gasteiger partial charge in [0.1, 0.15) is 0 Å². The fraction of sp³-hybridized carbons (Fsp3) is 0.688. The third-order valence-electron chi connectivity index (χ3n) is 3.84. The van der Waals surface area contributed by atoms with Crippen molar-refractivity contribution >= 4 is 17.4 Å². The summed E-state index contributed by atoms with van der Waals surface area (Å²) in [6.07, 6.45) is 1.11. The van der Waals surface area contributed by atoms with Crippen molar-refractivity contribution in [3.63, 3.8) is 0 Å². The first-order chi connectivity index (χ1) is 10.4. The van der Waals surface area contributed by atoms with E-state index in [2.05, 4.69) is 21.7 Å². The molecule has 6 heteroatoms. The minimum absolute atomic E-state index is 0.0992. The maximum absolute atomic E-state index is 12.1. The normalized spacial score (nSPS) is 15.5. The monoisotopic (exact) mass is 325 g/mol. The van der Waals surface area contributed by atoms with Crippen LogP contribution in [0, 0.1) is 0 Å². The minimum Gasteiger partial charge on any atom is -0.389 e. The Morgan fingerprint density at radius 3 is 3.00 bits per heavy atom. The number of rotatable bonds is 6. The van der Waals surface area contributed by atoms with Gasteiger partial charge in [-0.2, -0.15) is 0 Å². The van der Waals surface area contributed by atoms with Crippen LogP contribution in [-0.2, 0) is 13.0 Å². The molecule has 5 nitrogen and oxygen atoms in total. The maximum atomic E-state index is 12.1. The van der Waals surface area contributed by atoms with Gasteiger partial charge in [-0.3, -0.25) is 4.90 Å². The largest absolute Gasteiger partial charge is 0.389 e. The molecule has 1 aromatic heterocycles. The highest BCUT2D eigenvalue weighted by Gasteiger charge is 2.21. The Bertz CT molecular complexity index is 496. The Balaban J connectivity index is 1.73. The fourth-order valence-corrected chi connectivity index (χ4v) is 3.61. The van der Waals surface area contributed by atoms with Gasteiger partial charge in [0.05, 0.1) is 12.1 Å². The third kappa shape index (κ3) is 4.97. The number of hydrogen-bond acceptors (Lipinski definition) is 4. The summed E-state index contributed by atoms with van der Waals surface area (Å²) in [6, 6.07) is 2.10. The van der Waals surface area contributed by atoms with E-state index in [9.17, 15) is 9.90 Å². The van der Waals surface area contributed by atoms with Crippen molar-refractivity contribution in [2.24, 2.45) is 0 Å². The van der Waals surface area contributed by atoms with E-state index >= 15 is 0 Å². The van der Waals surface area contributed by atoms with E-state index in [1.165, 1.54) is 10.4 Å². The Hall–Kier alpha value is -1.11. The number of fused-ring (bicyclic) bond motifs is 1. The van der Waals surface area contributed by atoms with Gasteiger partial charge >= 0.3 is 6.03 Å². The lowest BCUT2D eigenvalue weighted by molar-refractivity contribution is 0.0479. The molecule has 2 heterocycles. The maximum Gasteiger partial charge on any atom is 0.317 e. The first-order valence-corrected chi connectivity index (χ1v) is 8.80. The second-order valence-corrected chi connectivity index (χ2v) is 7.45. The third-order valence-corrected chi connectivity index (χ3v) is 4.86. The summed E-state index contributed by atoms with van der Waals surface area (Å²) in [5.74, 6) is 0. The summed E-state index contributed by atoms with van der Waals surface area (Å²) >= 11 is 1.84. The number of carbonyl (C=O) groups excluding carboxylic acids is 1. The number of carbonyl (C=O) groups is 1. The van der Waals surface area contributed by atoms with Crippen molar-refractivity contribution in [1.82, 2.24) is 15.1 Å². The van der Waals surface area contributed by atoms with Gasteiger partial charge in [-0.25, -0.2) is 4.79 Å². The smallest absolute Gasteiger partial charge is 0.317 e. The molecule has 0 saturated heterocycles. The Morgan fingerprint density at radius 1 is 1.55 bits per heavy atom. The average molecular weight is 325 g/mol. The molecule has 2 N–H and O–H groups in total. The summed E-state index contributed by atoms with van der Waals surface area (Å²) in [6.45, 7) is 9.84. The number of nitrogens with one attached hydrogen (secondary N) is 1. The highest BCUT2D eigenvalue weighted by molar-refractivity contribution is 7.10. The standard InChI is InChI=1S/C16H27N3O2S/c1-4-19(12-16(2,3)21)15(20)17-7-9-18-8-5-14-13(11-18)6-10-22-14/h6,10,21H,4-5,7-9,11-12H2,1-3H3,(H,17,20). The molecule has 0 spiro atoms. The second-order valence-electron chi connectivity index (χ2n) is 6.45. The van der Waals surface area contributed by atoms with Crippen LogP contribution in [0.3, 0.4) is 0 Å². The molecule has 22 heavy (non-hydrogen) atoms. The second kappa shape index (κ2) is 7.44. The van der Waals surface area contributed by atoms with Crippen molar-refractivity contribution in [2.75, 3.05) is 32.7 Å². The molecule has 1 aromatic rings. The van der Waals surface area contributed by atoms with Crippen LogP contribution in [0.4, 0.5) is 4.79 Å². The molecule has 0 bridgehead atoms. The molecule has 1 aliphatic heterocycles. The molecular weight excluding hydrogens is 298 g/mol. The van der Waals surface area contributed by atoms with Crippen LogP contribution in [0.5, 0.6) is 0 Å². The van der Waals surface area contributed by atoms with E-state index in [1.54, 1.807) is 18.7 Å². The van der Waals surface area contributed by atoms with Gasteiger partial charge in [0.15, 0.2) is 0 Å². The highest BCUT2D eigenvalue weighted by Crippen LogP contribution is 2.23. The van der Waals surface area contributed by atoms with Crippen LogP contribution in [-0.4, -0.2) is 59.3 Å². The van der Waals surface area contributed by atoms with Crippen molar-refractivity contribution < 1.29 is 9.90 Å². The van der Waals surface area contributed by atoms with Gasteiger partial charge in [0.25, 0.3) is 0 Å². The number of thiophene rings is 1. The van der Waals surface area contributed by atoms with Crippen LogP contribution < -0.4 is 5.32 Å². The number of nitrogens with zero attached hydrogens (tertiary/aromatic N) is 2. The van der Waals surface area contributed by atoms with Crippen LogP contribution >= 0.6 is 11.3 Å². The average Bonchev–Trinajstić information content (AvgIpc) is 2.91. The summed E-state index contributed by atoms with van der Waals surface area (Å²) < 4.78 is 0. The summed E-state index contributed by atoms with van der Waals surface area (Å²) in [4.78, 5) is 17.7. The molecule has 2 rings (SSSR count). The number of urea groups is 1.